The van der Waals surface area contributed by atoms with E-state index in [1.807, 2.05) is 0 Å². The average Bonchev–Trinajstić information content (AvgIpc) is 2.92. The molecule has 0 aromatic carbocycles. The third-order valence-electron chi connectivity index (χ3n) is 5.30. The van der Waals surface area contributed by atoms with Gasteiger partial charge in [-0.3, -0.25) is 0 Å². The number of likely N-dealkylation sites (N-methyl/N-ethyl adjacent to an activating group) is 1. The summed E-state index contributed by atoms with van der Waals surface area (Å²) in [6.45, 7) is 3.82. The molecule has 2 heteroatoms. The van der Waals surface area contributed by atoms with Crippen molar-refractivity contribution in [3.05, 3.63) is 0 Å². The summed E-state index contributed by atoms with van der Waals surface area (Å²) in [6, 6.07) is 0.813. The lowest BCUT2D eigenvalue weighted by Gasteiger charge is -2.35. The average molecular weight is 222 g/mol. The molecule has 0 amide bonds. The predicted molar refractivity (Wildman–Crippen MR) is 67.5 cm³/mol. The number of nitrogens with zero attached hydrogens (tertiary/aromatic N) is 1. The lowest BCUT2D eigenvalue weighted by Crippen LogP contribution is -2.46. The second-order valence-electron chi connectivity index (χ2n) is 6.37. The van der Waals surface area contributed by atoms with Crippen LogP contribution in [0, 0.1) is 17.8 Å². The van der Waals surface area contributed by atoms with E-state index in [9.17, 15) is 0 Å². The zero-order valence-corrected chi connectivity index (χ0v) is 10.6. The number of hydrogen-bond acceptors (Lipinski definition) is 2. The van der Waals surface area contributed by atoms with Crippen LogP contribution < -0.4 is 5.32 Å². The third kappa shape index (κ3) is 2.14. The van der Waals surface area contributed by atoms with Crippen LogP contribution in [0.1, 0.15) is 38.5 Å². The zero-order valence-electron chi connectivity index (χ0n) is 10.6. The van der Waals surface area contributed by atoms with E-state index >= 15 is 0 Å². The van der Waals surface area contributed by atoms with Gasteiger partial charge in [0.2, 0.25) is 0 Å². The van der Waals surface area contributed by atoms with Gasteiger partial charge >= 0.3 is 0 Å². The fourth-order valence-electron chi connectivity index (χ4n) is 4.33. The van der Waals surface area contributed by atoms with Crippen molar-refractivity contribution < 1.29 is 0 Å². The van der Waals surface area contributed by atoms with Crippen LogP contribution in [0.2, 0.25) is 0 Å². The molecule has 2 aliphatic carbocycles. The molecular weight excluding hydrogens is 196 g/mol. The highest BCUT2D eigenvalue weighted by atomic mass is 15.2. The minimum atomic E-state index is 0.813. The van der Waals surface area contributed by atoms with Crippen LogP contribution in [0.15, 0.2) is 0 Å². The van der Waals surface area contributed by atoms with Gasteiger partial charge in [-0.1, -0.05) is 6.42 Å². The summed E-state index contributed by atoms with van der Waals surface area (Å²) >= 11 is 0. The van der Waals surface area contributed by atoms with Crippen molar-refractivity contribution in [1.29, 1.82) is 0 Å². The molecule has 3 rings (SSSR count). The first-order valence-corrected chi connectivity index (χ1v) is 7.24. The predicted octanol–water partition coefficient (Wildman–Crippen LogP) is 2.11. The Kier molecular flexibility index (Phi) is 3.21. The standard InChI is InChI=1S/C14H26N2/c1-16(14-3-2-6-15-9-14)10-13-8-11-4-5-12(13)7-11/h11-15H,2-10H2,1H3. The SMILES string of the molecule is CN(CC1CC2CCC1C2)C1CCCNC1. The molecule has 4 unspecified atom stereocenters. The first kappa shape index (κ1) is 11.0. The quantitative estimate of drug-likeness (QED) is 0.787. The summed E-state index contributed by atoms with van der Waals surface area (Å²) in [6.07, 6.45) is 8.94. The maximum atomic E-state index is 3.53. The van der Waals surface area contributed by atoms with E-state index in [4.69, 9.17) is 0 Å². The number of piperidine rings is 1. The molecule has 1 aliphatic heterocycles. The molecule has 2 saturated carbocycles. The molecule has 3 fully saturated rings. The molecule has 0 aromatic heterocycles. The van der Waals surface area contributed by atoms with E-state index in [0.717, 1.165) is 23.8 Å². The van der Waals surface area contributed by atoms with Gasteiger partial charge in [-0.05, 0) is 63.5 Å². The van der Waals surface area contributed by atoms with E-state index < -0.39 is 0 Å². The Bertz CT molecular complexity index is 235. The van der Waals surface area contributed by atoms with Crippen molar-refractivity contribution >= 4 is 0 Å². The largest absolute Gasteiger partial charge is 0.315 e. The van der Waals surface area contributed by atoms with Crippen LogP contribution >= 0.6 is 0 Å². The molecule has 0 spiro atoms. The van der Waals surface area contributed by atoms with E-state index in [-0.39, 0.29) is 0 Å². The lowest BCUT2D eigenvalue weighted by molar-refractivity contribution is 0.151. The van der Waals surface area contributed by atoms with Crippen molar-refractivity contribution in [2.75, 3.05) is 26.7 Å². The Balaban J connectivity index is 1.50. The highest BCUT2D eigenvalue weighted by Crippen LogP contribution is 2.48. The molecule has 1 N–H and O–H groups in total. The van der Waals surface area contributed by atoms with Crippen LogP contribution in [0.5, 0.6) is 0 Å². The minimum absolute atomic E-state index is 0.813. The van der Waals surface area contributed by atoms with Crippen LogP contribution in [-0.2, 0) is 0 Å². The molecule has 0 radical (unpaired) electrons. The summed E-state index contributed by atoms with van der Waals surface area (Å²) in [5.41, 5.74) is 0. The Hall–Kier alpha value is -0.0800. The van der Waals surface area contributed by atoms with Crippen LogP contribution in [0.3, 0.4) is 0 Å². The van der Waals surface area contributed by atoms with Crippen molar-refractivity contribution in [1.82, 2.24) is 10.2 Å². The number of rotatable bonds is 3. The van der Waals surface area contributed by atoms with Gasteiger partial charge < -0.3 is 10.2 Å². The monoisotopic (exact) mass is 222 g/mol. The van der Waals surface area contributed by atoms with Crippen LogP contribution in [0.25, 0.3) is 0 Å². The van der Waals surface area contributed by atoms with Crippen molar-refractivity contribution in [3.8, 4) is 0 Å². The molecule has 0 aromatic rings. The molecule has 2 nitrogen and oxygen atoms in total. The van der Waals surface area contributed by atoms with Gasteiger partial charge in [0.15, 0.2) is 0 Å². The Morgan fingerprint density at radius 3 is 2.75 bits per heavy atom. The maximum Gasteiger partial charge on any atom is 0.0218 e. The summed E-state index contributed by atoms with van der Waals surface area (Å²) < 4.78 is 0. The van der Waals surface area contributed by atoms with Gasteiger partial charge in [0, 0.05) is 19.1 Å². The maximum absolute atomic E-state index is 3.53. The molecule has 16 heavy (non-hydrogen) atoms. The Labute approximate surface area is 99.8 Å². The summed E-state index contributed by atoms with van der Waals surface area (Å²) in [5, 5.41) is 3.53. The van der Waals surface area contributed by atoms with Crippen LogP contribution in [0.4, 0.5) is 0 Å². The highest BCUT2D eigenvalue weighted by molar-refractivity contribution is 4.92. The zero-order chi connectivity index (χ0) is 11.0. The number of fused-ring (bicyclic) bond motifs is 2. The van der Waals surface area contributed by atoms with Crippen LogP contribution in [-0.4, -0.2) is 37.6 Å². The minimum Gasteiger partial charge on any atom is -0.315 e. The van der Waals surface area contributed by atoms with Gasteiger partial charge in [0.05, 0.1) is 0 Å². The molecular formula is C14H26N2. The molecule has 4 atom stereocenters. The van der Waals surface area contributed by atoms with Gasteiger partial charge in [-0.15, -0.1) is 0 Å². The second kappa shape index (κ2) is 4.66. The van der Waals surface area contributed by atoms with Gasteiger partial charge in [-0.25, -0.2) is 0 Å². The number of nitrogens with one attached hydrogen (secondary N) is 1. The molecule has 1 heterocycles. The third-order valence-corrected chi connectivity index (χ3v) is 5.30. The smallest absolute Gasteiger partial charge is 0.0218 e. The molecule has 3 aliphatic rings. The first-order valence-electron chi connectivity index (χ1n) is 7.24. The van der Waals surface area contributed by atoms with Gasteiger partial charge in [0.25, 0.3) is 0 Å². The number of hydrogen-bond donors (Lipinski definition) is 1. The molecule has 2 bridgehead atoms. The fraction of sp³-hybridized carbons (Fsp3) is 1.00. The second-order valence-corrected chi connectivity index (χ2v) is 6.37. The summed E-state index contributed by atoms with van der Waals surface area (Å²) in [7, 11) is 2.35. The van der Waals surface area contributed by atoms with E-state index in [1.165, 1.54) is 51.7 Å². The van der Waals surface area contributed by atoms with Gasteiger partial charge in [0.1, 0.15) is 0 Å². The van der Waals surface area contributed by atoms with E-state index in [2.05, 4.69) is 17.3 Å². The van der Waals surface area contributed by atoms with Crippen molar-refractivity contribution in [3.63, 3.8) is 0 Å². The lowest BCUT2D eigenvalue weighted by atomic mass is 9.88. The highest BCUT2D eigenvalue weighted by Gasteiger charge is 2.40. The summed E-state index contributed by atoms with van der Waals surface area (Å²) in [5.74, 6) is 3.22. The Morgan fingerprint density at radius 2 is 2.12 bits per heavy atom. The first-order chi connectivity index (χ1) is 7.83. The topological polar surface area (TPSA) is 15.3 Å². The Morgan fingerprint density at radius 1 is 1.19 bits per heavy atom. The van der Waals surface area contributed by atoms with E-state index in [0.29, 0.717) is 0 Å². The normalized spacial score (nSPS) is 43.1. The van der Waals surface area contributed by atoms with Crippen molar-refractivity contribution in [2.24, 2.45) is 17.8 Å². The van der Waals surface area contributed by atoms with E-state index in [1.54, 1.807) is 6.42 Å². The van der Waals surface area contributed by atoms with Crippen molar-refractivity contribution in [2.45, 2.75) is 44.6 Å². The fourth-order valence-corrected chi connectivity index (χ4v) is 4.33. The summed E-state index contributed by atoms with van der Waals surface area (Å²) in [4.78, 5) is 2.65. The molecule has 1 saturated heterocycles. The molecule has 92 valence electrons. The van der Waals surface area contributed by atoms with Gasteiger partial charge in [-0.2, -0.15) is 0 Å².